The Balaban J connectivity index is 1.31. The van der Waals surface area contributed by atoms with Crippen LogP contribution in [0.5, 0.6) is 0 Å². The minimum Gasteiger partial charge on any atom is -0.378 e. The quantitative estimate of drug-likeness (QED) is 0.531. The van der Waals surface area contributed by atoms with Crippen molar-refractivity contribution >= 4 is 23.6 Å². The average Bonchev–Trinajstić information content (AvgIpc) is 3.61. The van der Waals surface area contributed by atoms with Gasteiger partial charge < -0.3 is 15.0 Å². The van der Waals surface area contributed by atoms with Gasteiger partial charge in [-0.3, -0.25) is 9.36 Å². The van der Waals surface area contributed by atoms with Gasteiger partial charge in [-0.05, 0) is 36.5 Å². The molecular weight excluding hydrogens is 422 g/mol. The maximum atomic E-state index is 12.9. The lowest BCUT2D eigenvalue weighted by Gasteiger charge is -2.27. The molecule has 0 spiro atoms. The van der Waals surface area contributed by atoms with Gasteiger partial charge in [0.1, 0.15) is 0 Å². The van der Waals surface area contributed by atoms with Crippen LogP contribution < -0.4 is 10.2 Å². The van der Waals surface area contributed by atoms with Crippen LogP contribution in [-0.2, 0) is 9.53 Å². The zero-order valence-corrected chi connectivity index (χ0v) is 18.7. The molecule has 1 aromatic heterocycles. The highest BCUT2D eigenvalue weighted by molar-refractivity contribution is 7.99. The smallest absolute Gasteiger partial charge is 0.232 e. The molecule has 166 valence electrons. The van der Waals surface area contributed by atoms with Gasteiger partial charge in [0.25, 0.3) is 0 Å². The molecule has 2 aromatic carbocycles. The van der Waals surface area contributed by atoms with Crippen LogP contribution in [0.2, 0.25) is 0 Å². The average molecular weight is 450 g/mol. The number of morpholine rings is 1. The molecule has 5 rings (SSSR count). The van der Waals surface area contributed by atoms with E-state index in [1.54, 1.807) is 0 Å². The summed E-state index contributed by atoms with van der Waals surface area (Å²) < 4.78 is 7.53. The van der Waals surface area contributed by atoms with Crippen LogP contribution in [0.1, 0.15) is 24.4 Å². The second-order valence-electron chi connectivity index (χ2n) is 8.13. The van der Waals surface area contributed by atoms with Crippen molar-refractivity contribution in [3.63, 3.8) is 0 Å². The molecule has 0 bridgehead atoms. The first-order chi connectivity index (χ1) is 15.8. The van der Waals surface area contributed by atoms with E-state index in [-0.39, 0.29) is 11.9 Å². The first-order valence-electron chi connectivity index (χ1n) is 11.1. The van der Waals surface area contributed by atoms with Gasteiger partial charge in [0, 0.05) is 13.1 Å². The van der Waals surface area contributed by atoms with Crippen molar-refractivity contribution in [2.45, 2.75) is 24.0 Å². The van der Waals surface area contributed by atoms with Crippen molar-refractivity contribution in [2.75, 3.05) is 37.0 Å². The van der Waals surface area contributed by atoms with Gasteiger partial charge in [0.15, 0.2) is 5.16 Å². The molecule has 1 unspecified atom stereocenters. The number of hydrogen-bond donors (Lipinski definition) is 1. The highest BCUT2D eigenvalue weighted by Crippen LogP contribution is 2.41. The molecule has 2 fully saturated rings. The molecule has 8 heteroatoms. The summed E-state index contributed by atoms with van der Waals surface area (Å²) >= 11 is 1.42. The number of ether oxygens (including phenoxy) is 1. The van der Waals surface area contributed by atoms with Gasteiger partial charge in [-0.1, -0.05) is 60.3 Å². The summed E-state index contributed by atoms with van der Waals surface area (Å²) in [7, 11) is 0. The Morgan fingerprint density at radius 2 is 1.72 bits per heavy atom. The fourth-order valence-electron chi connectivity index (χ4n) is 4.04. The van der Waals surface area contributed by atoms with E-state index in [0.717, 1.165) is 42.7 Å². The lowest BCUT2D eigenvalue weighted by molar-refractivity contribution is -0.119. The van der Waals surface area contributed by atoms with E-state index < -0.39 is 0 Å². The Kier molecular flexibility index (Phi) is 6.41. The first kappa shape index (κ1) is 21.0. The van der Waals surface area contributed by atoms with Crippen molar-refractivity contribution < 1.29 is 9.53 Å². The number of aromatic nitrogens is 3. The van der Waals surface area contributed by atoms with E-state index in [1.807, 2.05) is 53.1 Å². The summed E-state index contributed by atoms with van der Waals surface area (Å²) in [4.78, 5) is 15.1. The Bertz CT molecular complexity index is 1030. The minimum atomic E-state index is 0.0197. The largest absolute Gasteiger partial charge is 0.378 e. The maximum absolute atomic E-state index is 12.9. The molecule has 1 atom stereocenters. The first-order valence-corrected chi connectivity index (χ1v) is 12.1. The SMILES string of the molecule is O=C(CSc1nnc(N2CCOCC2)n1-c1ccccc1)NC(c1ccccc1)C1CC1. The summed E-state index contributed by atoms with van der Waals surface area (Å²) in [6.07, 6.45) is 2.33. The van der Waals surface area contributed by atoms with Crippen LogP contribution >= 0.6 is 11.8 Å². The van der Waals surface area contributed by atoms with Crippen molar-refractivity contribution in [1.29, 1.82) is 0 Å². The van der Waals surface area contributed by atoms with E-state index >= 15 is 0 Å². The van der Waals surface area contributed by atoms with Crippen LogP contribution in [0.25, 0.3) is 5.69 Å². The second kappa shape index (κ2) is 9.75. The zero-order valence-electron chi connectivity index (χ0n) is 17.9. The predicted octanol–water partition coefficient (Wildman–Crippen LogP) is 3.46. The number of rotatable bonds is 8. The number of carbonyl (C=O) groups is 1. The van der Waals surface area contributed by atoms with Crippen LogP contribution in [-0.4, -0.2) is 52.7 Å². The molecule has 32 heavy (non-hydrogen) atoms. The van der Waals surface area contributed by atoms with Crippen molar-refractivity contribution in [3.05, 3.63) is 66.2 Å². The van der Waals surface area contributed by atoms with E-state index in [9.17, 15) is 4.79 Å². The van der Waals surface area contributed by atoms with Gasteiger partial charge in [-0.15, -0.1) is 10.2 Å². The number of thioether (sulfide) groups is 1. The maximum Gasteiger partial charge on any atom is 0.232 e. The summed E-state index contributed by atoms with van der Waals surface area (Å²) in [5, 5.41) is 12.9. The molecule has 1 saturated heterocycles. The van der Waals surface area contributed by atoms with E-state index in [1.165, 1.54) is 17.3 Å². The second-order valence-corrected chi connectivity index (χ2v) is 9.08. The van der Waals surface area contributed by atoms with E-state index in [0.29, 0.717) is 24.9 Å². The molecular formula is C24H27N5O2S. The molecule has 1 aliphatic carbocycles. The third-order valence-corrected chi connectivity index (χ3v) is 6.75. The Morgan fingerprint density at radius 1 is 1.03 bits per heavy atom. The lowest BCUT2D eigenvalue weighted by Crippen LogP contribution is -2.37. The standard InChI is InChI=1S/C24H27N5O2S/c30-21(25-22(19-11-12-19)18-7-3-1-4-8-18)17-32-24-27-26-23(28-13-15-31-16-14-28)29(24)20-9-5-2-6-10-20/h1-10,19,22H,11-17H2,(H,25,30). The highest BCUT2D eigenvalue weighted by Gasteiger charge is 2.33. The predicted molar refractivity (Wildman–Crippen MR) is 125 cm³/mol. The number of para-hydroxylation sites is 1. The molecule has 1 saturated carbocycles. The lowest BCUT2D eigenvalue weighted by atomic mass is 10.0. The summed E-state index contributed by atoms with van der Waals surface area (Å²) in [6, 6.07) is 20.4. The number of amides is 1. The Labute approximate surface area is 192 Å². The third kappa shape index (κ3) is 4.81. The molecule has 1 aliphatic heterocycles. The van der Waals surface area contributed by atoms with Crippen LogP contribution in [0.15, 0.2) is 65.8 Å². The number of hydrogen-bond acceptors (Lipinski definition) is 6. The highest BCUT2D eigenvalue weighted by atomic mass is 32.2. The Hall–Kier alpha value is -2.84. The molecule has 0 radical (unpaired) electrons. The van der Waals surface area contributed by atoms with Crippen LogP contribution in [0.4, 0.5) is 5.95 Å². The topological polar surface area (TPSA) is 72.3 Å². The number of nitrogens with one attached hydrogen (secondary N) is 1. The molecule has 1 N–H and O–H groups in total. The molecule has 3 aromatic rings. The fraction of sp³-hybridized carbons (Fsp3) is 0.375. The normalized spacial score (nSPS) is 17.2. The number of nitrogens with zero attached hydrogens (tertiary/aromatic N) is 4. The number of benzene rings is 2. The summed E-state index contributed by atoms with van der Waals surface area (Å²) in [5.74, 6) is 1.64. The van der Waals surface area contributed by atoms with Gasteiger partial charge in [-0.2, -0.15) is 0 Å². The fourth-order valence-corrected chi connectivity index (χ4v) is 4.79. The van der Waals surface area contributed by atoms with Crippen molar-refractivity contribution in [1.82, 2.24) is 20.1 Å². The third-order valence-electron chi connectivity index (χ3n) is 5.83. The van der Waals surface area contributed by atoms with Crippen molar-refractivity contribution in [3.8, 4) is 5.69 Å². The molecule has 2 heterocycles. The minimum absolute atomic E-state index is 0.0197. The van der Waals surface area contributed by atoms with Gasteiger partial charge in [0.2, 0.25) is 11.9 Å². The zero-order chi connectivity index (χ0) is 21.8. The van der Waals surface area contributed by atoms with E-state index in [4.69, 9.17) is 4.74 Å². The number of anilines is 1. The summed E-state index contributed by atoms with van der Waals surface area (Å²) in [6.45, 7) is 2.90. The molecule has 7 nitrogen and oxygen atoms in total. The van der Waals surface area contributed by atoms with Gasteiger partial charge >= 0.3 is 0 Å². The van der Waals surface area contributed by atoms with Crippen LogP contribution in [0.3, 0.4) is 0 Å². The monoisotopic (exact) mass is 449 g/mol. The van der Waals surface area contributed by atoms with E-state index in [2.05, 4.69) is 32.5 Å². The Morgan fingerprint density at radius 3 is 2.41 bits per heavy atom. The van der Waals surface area contributed by atoms with Gasteiger partial charge in [0.05, 0.1) is 30.7 Å². The van der Waals surface area contributed by atoms with Crippen LogP contribution in [0, 0.1) is 5.92 Å². The van der Waals surface area contributed by atoms with Crippen molar-refractivity contribution in [2.24, 2.45) is 5.92 Å². The molecule has 1 amide bonds. The number of carbonyl (C=O) groups excluding carboxylic acids is 1. The molecule has 2 aliphatic rings. The summed E-state index contributed by atoms with van der Waals surface area (Å²) in [5.41, 5.74) is 2.16. The van der Waals surface area contributed by atoms with Gasteiger partial charge in [-0.25, -0.2) is 0 Å².